The van der Waals surface area contributed by atoms with E-state index in [1.807, 2.05) is 6.92 Å². The number of likely N-dealkylation sites (N-methyl/N-ethyl adjacent to an activating group) is 2. The summed E-state index contributed by atoms with van der Waals surface area (Å²) in [6.45, 7) is 9.85. The van der Waals surface area contributed by atoms with Gasteiger partial charge in [-0.15, -0.1) is 0 Å². The Bertz CT molecular complexity index is 265. The number of carboxylic acid groups (broad SMARTS) is 1. The van der Waals surface area contributed by atoms with E-state index in [2.05, 4.69) is 22.2 Å². The second kappa shape index (κ2) is 7.07. The minimum absolute atomic E-state index is 0.683. The van der Waals surface area contributed by atoms with Gasteiger partial charge in [-0.3, -0.25) is 4.79 Å². The fourth-order valence-electron chi connectivity index (χ4n) is 2.39. The van der Waals surface area contributed by atoms with Crippen molar-refractivity contribution >= 4 is 5.97 Å². The van der Waals surface area contributed by atoms with Crippen molar-refractivity contribution in [2.45, 2.75) is 32.2 Å². The predicted octanol–water partition coefficient (Wildman–Crippen LogP) is 0.467. The topological polar surface area (TPSA) is 55.8 Å². The molecule has 0 bridgehead atoms. The fraction of sp³-hybridized carbons (Fsp3) is 0.923. The van der Waals surface area contributed by atoms with Crippen LogP contribution in [0.15, 0.2) is 0 Å². The monoisotopic (exact) mass is 257 g/mol. The maximum atomic E-state index is 11.3. The molecular weight excluding hydrogens is 230 g/mol. The third kappa shape index (κ3) is 4.55. The number of hydrogen-bond acceptors (Lipinski definition) is 4. The van der Waals surface area contributed by atoms with E-state index < -0.39 is 11.5 Å². The third-order valence-electron chi connectivity index (χ3n) is 3.79. The molecule has 18 heavy (non-hydrogen) atoms. The van der Waals surface area contributed by atoms with Crippen molar-refractivity contribution in [1.82, 2.24) is 15.1 Å². The Morgan fingerprint density at radius 2 is 1.94 bits per heavy atom. The van der Waals surface area contributed by atoms with Gasteiger partial charge in [0.25, 0.3) is 0 Å². The molecule has 1 aliphatic rings. The minimum Gasteiger partial charge on any atom is -0.480 e. The molecule has 0 aliphatic carbocycles. The maximum absolute atomic E-state index is 11.3. The number of carbonyl (C=O) groups is 1. The van der Waals surface area contributed by atoms with Crippen LogP contribution >= 0.6 is 0 Å². The zero-order chi connectivity index (χ0) is 13.6. The molecule has 0 spiro atoms. The highest BCUT2D eigenvalue weighted by Crippen LogP contribution is 2.13. The molecular formula is C13H27N3O2. The summed E-state index contributed by atoms with van der Waals surface area (Å²) < 4.78 is 0. The van der Waals surface area contributed by atoms with Crippen molar-refractivity contribution in [3.63, 3.8) is 0 Å². The zero-order valence-corrected chi connectivity index (χ0v) is 11.9. The van der Waals surface area contributed by atoms with E-state index in [1.54, 1.807) is 6.92 Å². The molecule has 1 rings (SSSR count). The number of piperazine rings is 1. The quantitative estimate of drug-likeness (QED) is 0.694. The summed E-state index contributed by atoms with van der Waals surface area (Å²) in [6, 6.07) is 0. The Morgan fingerprint density at radius 1 is 1.33 bits per heavy atom. The number of carboxylic acids is 1. The number of nitrogens with one attached hydrogen (secondary N) is 1. The average molecular weight is 257 g/mol. The van der Waals surface area contributed by atoms with Gasteiger partial charge in [-0.05, 0) is 39.9 Å². The highest BCUT2D eigenvalue weighted by Gasteiger charge is 2.31. The molecule has 5 nitrogen and oxygen atoms in total. The summed E-state index contributed by atoms with van der Waals surface area (Å²) in [6.07, 6.45) is 1.61. The Balaban J connectivity index is 2.28. The summed E-state index contributed by atoms with van der Waals surface area (Å²) in [4.78, 5) is 16.0. The molecule has 0 aromatic rings. The molecule has 2 N–H and O–H groups in total. The molecule has 1 aliphatic heterocycles. The van der Waals surface area contributed by atoms with Gasteiger partial charge in [0.1, 0.15) is 5.54 Å². The van der Waals surface area contributed by atoms with Crippen LogP contribution < -0.4 is 5.32 Å². The first kappa shape index (κ1) is 15.4. The van der Waals surface area contributed by atoms with E-state index in [4.69, 9.17) is 0 Å². The third-order valence-corrected chi connectivity index (χ3v) is 3.79. The van der Waals surface area contributed by atoms with Gasteiger partial charge in [0.2, 0.25) is 0 Å². The molecule has 106 valence electrons. The van der Waals surface area contributed by atoms with Crippen LogP contribution in [0.4, 0.5) is 0 Å². The summed E-state index contributed by atoms with van der Waals surface area (Å²) in [5.74, 6) is -0.747. The van der Waals surface area contributed by atoms with Crippen LogP contribution in [0.1, 0.15) is 26.7 Å². The molecule has 0 aromatic heterocycles. The van der Waals surface area contributed by atoms with E-state index in [0.717, 1.165) is 39.1 Å². The van der Waals surface area contributed by atoms with Gasteiger partial charge in [0.15, 0.2) is 0 Å². The molecule has 1 heterocycles. The first-order valence-electron chi connectivity index (χ1n) is 6.87. The van der Waals surface area contributed by atoms with E-state index in [9.17, 15) is 9.90 Å². The number of nitrogens with zero attached hydrogens (tertiary/aromatic N) is 2. The molecule has 1 unspecified atom stereocenters. The van der Waals surface area contributed by atoms with Gasteiger partial charge in [-0.25, -0.2) is 0 Å². The van der Waals surface area contributed by atoms with E-state index in [0.29, 0.717) is 13.0 Å². The lowest BCUT2D eigenvalue weighted by molar-refractivity contribution is -0.144. The lowest BCUT2D eigenvalue weighted by Gasteiger charge is -2.33. The predicted molar refractivity (Wildman–Crippen MR) is 72.9 cm³/mol. The van der Waals surface area contributed by atoms with Gasteiger partial charge >= 0.3 is 5.97 Å². The molecule has 1 fully saturated rings. The van der Waals surface area contributed by atoms with E-state index >= 15 is 0 Å². The number of rotatable bonds is 7. The van der Waals surface area contributed by atoms with Gasteiger partial charge < -0.3 is 20.2 Å². The lowest BCUT2D eigenvalue weighted by atomic mass is 9.95. The lowest BCUT2D eigenvalue weighted by Crippen LogP contribution is -2.50. The highest BCUT2D eigenvalue weighted by molar-refractivity contribution is 5.78. The van der Waals surface area contributed by atoms with E-state index in [-0.39, 0.29) is 0 Å². The second-order valence-corrected chi connectivity index (χ2v) is 5.42. The average Bonchev–Trinajstić information content (AvgIpc) is 2.32. The van der Waals surface area contributed by atoms with Crippen LogP contribution in [0, 0.1) is 0 Å². The second-order valence-electron chi connectivity index (χ2n) is 5.42. The largest absolute Gasteiger partial charge is 0.480 e. The Kier molecular flexibility index (Phi) is 6.05. The van der Waals surface area contributed by atoms with Gasteiger partial charge in [0.05, 0.1) is 0 Å². The van der Waals surface area contributed by atoms with Crippen LogP contribution in [-0.2, 0) is 4.79 Å². The van der Waals surface area contributed by atoms with E-state index in [1.165, 1.54) is 0 Å². The summed E-state index contributed by atoms with van der Waals surface area (Å²) >= 11 is 0. The number of aliphatic carboxylic acids is 1. The Labute approximate surface area is 110 Å². The van der Waals surface area contributed by atoms with Crippen molar-refractivity contribution in [1.29, 1.82) is 0 Å². The van der Waals surface area contributed by atoms with Crippen molar-refractivity contribution < 1.29 is 9.90 Å². The molecule has 5 heteroatoms. The van der Waals surface area contributed by atoms with Crippen molar-refractivity contribution in [2.24, 2.45) is 0 Å². The van der Waals surface area contributed by atoms with Crippen molar-refractivity contribution in [3.8, 4) is 0 Å². The normalized spacial score (nSPS) is 21.7. The Morgan fingerprint density at radius 3 is 2.44 bits per heavy atom. The minimum atomic E-state index is -0.776. The van der Waals surface area contributed by atoms with Crippen LogP contribution in [0.2, 0.25) is 0 Å². The van der Waals surface area contributed by atoms with Crippen LogP contribution in [0.5, 0.6) is 0 Å². The number of hydrogen-bond donors (Lipinski definition) is 2. The molecule has 0 amide bonds. The van der Waals surface area contributed by atoms with Gasteiger partial charge in [-0.1, -0.05) is 6.92 Å². The first-order valence-corrected chi connectivity index (χ1v) is 6.87. The molecule has 0 radical (unpaired) electrons. The fourth-order valence-corrected chi connectivity index (χ4v) is 2.39. The van der Waals surface area contributed by atoms with Crippen molar-refractivity contribution in [2.75, 3.05) is 46.3 Å². The van der Waals surface area contributed by atoms with Crippen LogP contribution in [-0.4, -0.2) is 72.7 Å². The Hall–Kier alpha value is -0.650. The maximum Gasteiger partial charge on any atom is 0.323 e. The summed E-state index contributed by atoms with van der Waals surface area (Å²) in [5.41, 5.74) is -0.776. The first-order chi connectivity index (χ1) is 8.48. The van der Waals surface area contributed by atoms with Gasteiger partial charge in [-0.2, -0.15) is 0 Å². The van der Waals surface area contributed by atoms with Crippen molar-refractivity contribution in [3.05, 3.63) is 0 Å². The molecule has 0 saturated carbocycles. The SMILES string of the molecule is CCNC(C)(CCCN1CCN(C)CC1)C(=O)O. The zero-order valence-electron chi connectivity index (χ0n) is 11.9. The van der Waals surface area contributed by atoms with Crippen LogP contribution in [0.3, 0.4) is 0 Å². The smallest absolute Gasteiger partial charge is 0.323 e. The van der Waals surface area contributed by atoms with Gasteiger partial charge in [0, 0.05) is 26.2 Å². The highest BCUT2D eigenvalue weighted by atomic mass is 16.4. The van der Waals surface area contributed by atoms with Crippen LogP contribution in [0.25, 0.3) is 0 Å². The summed E-state index contributed by atoms with van der Waals surface area (Å²) in [5, 5.41) is 12.3. The molecule has 1 saturated heterocycles. The summed E-state index contributed by atoms with van der Waals surface area (Å²) in [7, 11) is 2.14. The molecule has 1 atom stereocenters. The molecule has 0 aromatic carbocycles. The standard InChI is InChI=1S/C13H27N3O2/c1-4-14-13(2,12(17)18)6-5-7-16-10-8-15(3)9-11-16/h14H,4-11H2,1-3H3,(H,17,18).